The van der Waals surface area contributed by atoms with Gasteiger partial charge >= 0.3 is 5.97 Å². The Morgan fingerprint density at radius 3 is 2.77 bits per heavy atom. The third kappa shape index (κ3) is 6.84. The van der Waals surface area contributed by atoms with Gasteiger partial charge < -0.3 is 14.8 Å². The molecule has 1 atom stereocenters. The SMILES string of the molecule is Cc1cc(Cl)ccc1OCCCC(=O)OCC(=O)NC1CCS(=O)(=O)C1. The van der Waals surface area contributed by atoms with E-state index in [2.05, 4.69) is 5.32 Å². The largest absolute Gasteiger partial charge is 0.493 e. The van der Waals surface area contributed by atoms with Crippen molar-refractivity contribution in [3.63, 3.8) is 0 Å². The van der Waals surface area contributed by atoms with Gasteiger partial charge in [0.15, 0.2) is 16.4 Å². The van der Waals surface area contributed by atoms with Crippen molar-refractivity contribution < 1.29 is 27.5 Å². The number of sulfone groups is 1. The number of amides is 1. The van der Waals surface area contributed by atoms with Gasteiger partial charge in [0.1, 0.15) is 5.75 Å². The van der Waals surface area contributed by atoms with E-state index in [4.69, 9.17) is 21.1 Å². The Morgan fingerprint density at radius 1 is 1.35 bits per heavy atom. The predicted molar refractivity (Wildman–Crippen MR) is 97.1 cm³/mol. The summed E-state index contributed by atoms with van der Waals surface area (Å²) in [6, 6.07) is 4.89. The van der Waals surface area contributed by atoms with Gasteiger partial charge in [0.25, 0.3) is 5.91 Å². The zero-order valence-corrected chi connectivity index (χ0v) is 16.1. The van der Waals surface area contributed by atoms with Gasteiger partial charge in [0.2, 0.25) is 0 Å². The second-order valence-electron chi connectivity index (χ2n) is 6.19. The fourth-order valence-corrected chi connectivity index (χ4v) is 4.47. The number of esters is 1. The van der Waals surface area contributed by atoms with Crippen molar-refractivity contribution in [2.75, 3.05) is 24.7 Å². The molecule has 0 aliphatic carbocycles. The number of rotatable bonds is 8. The molecule has 0 radical (unpaired) electrons. The van der Waals surface area contributed by atoms with Crippen molar-refractivity contribution in [1.29, 1.82) is 0 Å². The molecule has 2 rings (SSSR count). The molecule has 0 saturated carbocycles. The number of hydrogen-bond acceptors (Lipinski definition) is 6. The monoisotopic (exact) mass is 403 g/mol. The molecule has 1 aliphatic rings. The van der Waals surface area contributed by atoms with E-state index in [0.717, 1.165) is 5.56 Å². The lowest BCUT2D eigenvalue weighted by atomic mass is 10.2. The number of ether oxygens (including phenoxy) is 2. The van der Waals surface area contributed by atoms with Crippen LogP contribution in [0.5, 0.6) is 5.75 Å². The Hall–Kier alpha value is -1.80. The van der Waals surface area contributed by atoms with Crippen molar-refractivity contribution in [1.82, 2.24) is 5.32 Å². The van der Waals surface area contributed by atoms with Gasteiger partial charge in [-0.2, -0.15) is 0 Å². The molecule has 1 aromatic rings. The van der Waals surface area contributed by atoms with Crippen LogP contribution in [0, 0.1) is 6.92 Å². The molecule has 1 heterocycles. The Balaban J connectivity index is 1.59. The fourth-order valence-electron chi connectivity index (χ4n) is 2.57. The molecule has 0 bridgehead atoms. The van der Waals surface area contributed by atoms with Crippen LogP contribution in [0.15, 0.2) is 18.2 Å². The summed E-state index contributed by atoms with van der Waals surface area (Å²) in [4.78, 5) is 23.3. The highest BCUT2D eigenvalue weighted by Gasteiger charge is 2.28. The van der Waals surface area contributed by atoms with Crippen LogP contribution in [0.3, 0.4) is 0 Å². The number of benzene rings is 1. The van der Waals surface area contributed by atoms with E-state index in [0.29, 0.717) is 30.2 Å². The number of aryl methyl sites for hydroxylation is 1. The quantitative estimate of drug-likeness (QED) is 0.523. The summed E-state index contributed by atoms with van der Waals surface area (Å²) < 4.78 is 33.1. The number of carbonyl (C=O) groups is 2. The second kappa shape index (κ2) is 9.23. The molecule has 0 aromatic heterocycles. The summed E-state index contributed by atoms with van der Waals surface area (Å²) in [5, 5.41) is 3.19. The molecule has 1 N–H and O–H groups in total. The number of nitrogens with one attached hydrogen (secondary N) is 1. The normalized spacial score (nSPS) is 18.3. The van der Waals surface area contributed by atoms with E-state index in [1.807, 2.05) is 6.92 Å². The van der Waals surface area contributed by atoms with Crippen molar-refractivity contribution >= 4 is 33.3 Å². The first-order valence-corrected chi connectivity index (χ1v) is 10.5. The van der Waals surface area contributed by atoms with Crippen molar-refractivity contribution in [3.05, 3.63) is 28.8 Å². The van der Waals surface area contributed by atoms with E-state index in [9.17, 15) is 18.0 Å². The maximum Gasteiger partial charge on any atom is 0.306 e. The van der Waals surface area contributed by atoms with E-state index < -0.39 is 34.4 Å². The molecule has 144 valence electrons. The van der Waals surface area contributed by atoms with Gasteiger partial charge in [0.05, 0.1) is 18.1 Å². The Morgan fingerprint density at radius 2 is 2.12 bits per heavy atom. The molecule has 1 unspecified atom stereocenters. The Labute approximate surface area is 157 Å². The van der Waals surface area contributed by atoms with Crippen LogP contribution in [0.4, 0.5) is 0 Å². The van der Waals surface area contributed by atoms with Gasteiger partial charge in [-0.1, -0.05) is 11.6 Å². The van der Waals surface area contributed by atoms with Crippen molar-refractivity contribution in [2.45, 2.75) is 32.2 Å². The second-order valence-corrected chi connectivity index (χ2v) is 8.86. The summed E-state index contributed by atoms with van der Waals surface area (Å²) in [7, 11) is -3.06. The van der Waals surface area contributed by atoms with Crippen LogP contribution < -0.4 is 10.1 Å². The lowest BCUT2D eigenvalue weighted by Crippen LogP contribution is -2.38. The highest BCUT2D eigenvalue weighted by atomic mass is 35.5. The van der Waals surface area contributed by atoms with Crippen LogP contribution in [0.1, 0.15) is 24.8 Å². The molecule has 26 heavy (non-hydrogen) atoms. The zero-order valence-electron chi connectivity index (χ0n) is 14.5. The topological polar surface area (TPSA) is 98.8 Å². The highest BCUT2D eigenvalue weighted by Crippen LogP contribution is 2.21. The number of halogens is 1. The smallest absolute Gasteiger partial charge is 0.306 e. The molecule has 1 aliphatic heterocycles. The maximum absolute atomic E-state index is 11.7. The average molecular weight is 404 g/mol. The fraction of sp³-hybridized carbons (Fsp3) is 0.529. The third-order valence-corrected chi connectivity index (χ3v) is 5.88. The van der Waals surface area contributed by atoms with E-state index >= 15 is 0 Å². The molecule has 1 fully saturated rings. The summed E-state index contributed by atoms with van der Waals surface area (Å²) in [5.41, 5.74) is 0.908. The van der Waals surface area contributed by atoms with Crippen molar-refractivity contribution in [2.24, 2.45) is 0 Å². The molecular weight excluding hydrogens is 382 g/mol. The first-order valence-electron chi connectivity index (χ1n) is 8.29. The Kier molecular flexibility index (Phi) is 7.28. The minimum absolute atomic E-state index is 0.0614. The predicted octanol–water partition coefficient (Wildman–Crippen LogP) is 1.65. The third-order valence-electron chi connectivity index (χ3n) is 3.88. The van der Waals surface area contributed by atoms with Crippen LogP contribution in [-0.2, 0) is 24.2 Å². The summed E-state index contributed by atoms with van der Waals surface area (Å²) in [6.45, 7) is 1.81. The maximum atomic E-state index is 11.7. The van der Waals surface area contributed by atoms with Crippen LogP contribution in [0.2, 0.25) is 5.02 Å². The van der Waals surface area contributed by atoms with Gasteiger partial charge in [-0.3, -0.25) is 9.59 Å². The summed E-state index contributed by atoms with van der Waals surface area (Å²) in [5.74, 6) is -0.281. The molecule has 9 heteroatoms. The average Bonchev–Trinajstić information content (AvgIpc) is 2.90. The van der Waals surface area contributed by atoms with E-state index in [-0.39, 0.29) is 17.9 Å². The van der Waals surface area contributed by atoms with Crippen LogP contribution in [-0.4, -0.2) is 51.1 Å². The van der Waals surface area contributed by atoms with Gasteiger partial charge in [-0.05, 0) is 43.5 Å². The minimum Gasteiger partial charge on any atom is -0.493 e. The first-order chi connectivity index (χ1) is 12.2. The Bertz CT molecular complexity index is 765. The first kappa shape index (κ1) is 20.5. The molecule has 1 amide bonds. The van der Waals surface area contributed by atoms with Gasteiger partial charge in [0, 0.05) is 17.5 Å². The number of carbonyl (C=O) groups excluding carboxylic acids is 2. The lowest BCUT2D eigenvalue weighted by Gasteiger charge is -2.11. The van der Waals surface area contributed by atoms with E-state index in [1.165, 1.54) is 0 Å². The van der Waals surface area contributed by atoms with Crippen LogP contribution >= 0.6 is 11.6 Å². The van der Waals surface area contributed by atoms with Gasteiger partial charge in [-0.15, -0.1) is 0 Å². The summed E-state index contributed by atoms with van der Waals surface area (Å²) in [6.07, 6.45) is 0.963. The lowest BCUT2D eigenvalue weighted by molar-refractivity contribution is -0.148. The minimum atomic E-state index is -3.06. The molecule has 1 aromatic carbocycles. The molecule has 0 spiro atoms. The molecule has 1 saturated heterocycles. The van der Waals surface area contributed by atoms with Crippen LogP contribution in [0.25, 0.3) is 0 Å². The zero-order chi connectivity index (χ0) is 19.2. The van der Waals surface area contributed by atoms with E-state index in [1.54, 1.807) is 18.2 Å². The van der Waals surface area contributed by atoms with Gasteiger partial charge in [-0.25, -0.2) is 8.42 Å². The number of hydrogen-bond donors (Lipinski definition) is 1. The highest BCUT2D eigenvalue weighted by molar-refractivity contribution is 7.91. The van der Waals surface area contributed by atoms with Crippen molar-refractivity contribution in [3.8, 4) is 5.75 Å². The summed E-state index contributed by atoms with van der Waals surface area (Å²) >= 11 is 5.87. The molecule has 7 nitrogen and oxygen atoms in total. The molecular formula is C17H22ClNO6S. The standard InChI is InChI=1S/C17H22ClNO6S/c1-12-9-13(18)4-5-15(12)24-7-2-3-17(21)25-10-16(20)19-14-6-8-26(22,23)11-14/h4-5,9,14H,2-3,6-8,10-11H2,1H3,(H,19,20).